The van der Waals surface area contributed by atoms with Crippen molar-refractivity contribution in [2.24, 2.45) is 0 Å². The van der Waals surface area contributed by atoms with Gasteiger partial charge in [-0.1, -0.05) is 12.8 Å². The highest BCUT2D eigenvalue weighted by molar-refractivity contribution is 6.27. The Labute approximate surface area is 273 Å². The van der Waals surface area contributed by atoms with Crippen LogP contribution in [0.2, 0.25) is 0 Å². The highest BCUT2D eigenvalue weighted by Gasteiger charge is 2.26. The van der Waals surface area contributed by atoms with Gasteiger partial charge in [-0.3, -0.25) is 28.6 Å². The van der Waals surface area contributed by atoms with Crippen LogP contribution in [0.3, 0.4) is 0 Å². The number of hydrogen-bond donors (Lipinski definition) is 3. The molecule has 2 aliphatic rings. The van der Waals surface area contributed by atoms with E-state index in [1.165, 1.54) is 6.92 Å². The zero-order valence-electron chi connectivity index (χ0n) is 26.5. The Morgan fingerprint density at radius 1 is 0.957 bits per heavy atom. The Morgan fingerprint density at radius 3 is 2.28 bits per heavy atom. The maximum absolute atomic E-state index is 13.5. The molecule has 4 heterocycles. The van der Waals surface area contributed by atoms with Gasteiger partial charge >= 0.3 is 0 Å². The molecule has 0 bridgehead atoms. The monoisotopic (exact) mass is 651 g/mol. The molecule has 0 aromatic carbocycles. The Balaban J connectivity index is 1.15. The predicted molar refractivity (Wildman–Crippen MR) is 178 cm³/mol. The van der Waals surface area contributed by atoms with Gasteiger partial charge in [0.05, 0.1) is 24.0 Å². The van der Waals surface area contributed by atoms with E-state index in [0.717, 1.165) is 70.4 Å². The van der Waals surface area contributed by atoms with Crippen LogP contribution in [0.25, 0.3) is 11.0 Å². The smallest absolute Gasteiger partial charge is 0.263 e. The van der Waals surface area contributed by atoms with Crippen molar-refractivity contribution in [1.82, 2.24) is 35.1 Å². The number of halogens is 1. The standard InChI is InChI=1S/C32H42ClN9O4/c1-21-25-19-37-32(39-30(25)42(23-7-3-4-8-23)31(46)29(21)22(2)43)38-26-10-9-24(18-36-26)41-15-13-40(14-16-41)20-28(45)35-12-6-5-11-34-27(44)17-33/h9-10,18-19,23H,3-8,11-17,20H2,1-2H3,(H,34,44)(H,35,45)(H,36,37,38,39). The van der Waals surface area contributed by atoms with Crippen molar-refractivity contribution in [2.75, 3.05) is 61.9 Å². The summed E-state index contributed by atoms with van der Waals surface area (Å²) >= 11 is 5.45. The lowest BCUT2D eigenvalue weighted by Crippen LogP contribution is -2.49. The number of aromatic nitrogens is 4. The number of pyridine rings is 2. The summed E-state index contributed by atoms with van der Waals surface area (Å²) in [7, 11) is 0. The summed E-state index contributed by atoms with van der Waals surface area (Å²) in [6.07, 6.45) is 8.89. The maximum atomic E-state index is 13.5. The minimum absolute atomic E-state index is 0.000869. The predicted octanol–water partition coefficient (Wildman–Crippen LogP) is 2.93. The number of piperazine rings is 1. The van der Waals surface area contributed by atoms with Gasteiger partial charge in [0.15, 0.2) is 5.78 Å². The molecule has 5 rings (SSSR count). The molecule has 0 unspecified atom stereocenters. The summed E-state index contributed by atoms with van der Waals surface area (Å²) in [5.41, 5.74) is 2.06. The molecule has 46 heavy (non-hydrogen) atoms. The van der Waals surface area contributed by atoms with Gasteiger partial charge in [0, 0.05) is 56.9 Å². The SMILES string of the molecule is CC(=O)c1c(C)c2cnc(Nc3ccc(N4CCN(CC(=O)NCCCCNC(=O)CCl)CC4)cn3)nc2n(C2CCCC2)c1=O. The number of unbranched alkanes of at least 4 members (excludes halogenated alkanes) is 1. The van der Waals surface area contributed by atoms with Gasteiger partial charge in [-0.05, 0) is 57.2 Å². The fraction of sp³-hybridized carbons (Fsp3) is 0.531. The number of amides is 2. The van der Waals surface area contributed by atoms with Gasteiger partial charge in [-0.15, -0.1) is 11.6 Å². The molecule has 1 saturated heterocycles. The number of nitrogens with zero attached hydrogens (tertiary/aromatic N) is 6. The lowest BCUT2D eigenvalue weighted by Gasteiger charge is -2.35. The lowest BCUT2D eigenvalue weighted by molar-refractivity contribution is -0.122. The first-order chi connectivity index (χ1) is 22.2. The van der Waals surface area contributed by atoms with E-state index >= 15 is 0 Å². The van der Waals surface area contributed by atoms with Crippen LogP contribution < -0.4 is 26.4 Å². The van der Waals surface area contributed by atoms with Crippen molar-refractivity contribution < 1.29 is 14.4 Å². The van der Waals surface area contributed by atoms with E-state index in [9.17, 15) is 19.2 Å². The second-order valence-electron chi connectivity index (χ2n) is 11.9. The van der Waals surface area contributed by atoms with Gasteiger partial charge in [0.1, 0.15) is 17.3 Å². The molecular weight excluding hydrogens is 610 g/mol. The van der Waals surface area contributed by atoms with Crippen LogP contribution in [-0.4, -0.2) is 93.7 Å². The zero-order chi connectivity index (χ0) is 32.6. The van der Waals surface area contributed by atoms with E-state index in [-0.39, 0.29) is 40.6 Å². The highest BCUT2D eigenvalue weighted by Crippen LogP contribution is 2.32. The summed E-state index contributed by atoms with van der Waals surface area (Å²) in [6, 6.07) is 3.88. The first-order valence-corrected chi connectivity index (χ1v) is 16.5. The van der Waals surface area contributed by atoms with E-state index in [1.807, 2.05) is 12.1 Å². The van der Waals surface area contributed by atoms with Gasteiger partial charge in [0.2, 0.25) is 17.8 Å². The zero-order valence-corrected chi connectivity index (χ0v) is 27.2. The summed E-state index contributed by atoms with van der Waals surface area (Å²) < 4.78 is 1.70. The van der Waals surface area contributed by atoms with E-state index in [4.69, 9.17) is 16.6 Å². The van der Waals surface area contributed by atoms with Crippen LogP contribution in [0, 0.1) is 6.92 Å². The number of Topliss-reactive ketones (excluding diaryl/α,β-unsaturated/α-hetero) is 1. The molecular formula is C32H42ClN9O4. The number of hydrogen-bond acceptors (Lipinski definition) is 10. The Morgan fingerprint density at radius 2 is 1.65 bits per heavy atom. The molecule has 0 atom stereocenters. The maximum Gasteiger partial charge on any atom is 0.263 e. The number of ketones is 1. The Hall–Kier alpha value is -4.10. The van der Waals surface area contributed by atoms with E-state index in [0.29, 0.717) is 48.0 Å². The van der Waals surface area contributed by atoms with E-state index in [2.05, 4.69) is 35.7 Å². The lowest BCUT2D eigenvalue weighted by atomic mass is 10.0. The highest BCUT2D eigenvalue weighted by atomic mass is 35.5. The Bertz CT molecular complexity index is 1610. The van der Waals surface area contributed by atoms with Crippen molar-refractivity contribution in [3.8, 4) is 0 Å². The molecule has 13 nitrogen and oxygen atoms in total. The van der Waals surface area contributed by atoms with Crippen molar-refractivity contribution in [1.29, 1.82) is 0 Å². The normalized spacial score (nSPS) is 15.7. The molecule has 3 N–H and O–H groups in total. The first-order valence-electron chi connectivity index (χ1n) is 16.0. The fourth-order valence-electron chi connectivity index (χ4n) is 6.25. The quantitative estimate of drug-likeness (QED) is 0.143. The van der Waals surface area contributed by atoms with Gasteiger partial charge < -0.3 is 20.9 Å². The number of anilines is 3. The van der Waals surface area contributed by atoms with Crippen LogP contribution >= 0.6 is 11.6 Å². The third kappa shape index (κ3) is 8.00. The molecule has 246 valence electrons. The summed E-state index contributed by atoms with van der Waals surface area (Å²) in [5.74, 6) is 0.441. The topological polar surface area (TPSA) is 154 Å². The first kappa shape index (κ1) is 33.3. The van der Waals surface area contributed by atoms with Crippen molar-refractivity contribution in [2.45, 2.75) is 58.4 Å². The summed E-state index contributed by atoms with van der Waals surface area (Å²) in [5, 5.41) is 9.54. The molecule has 1 aliphatic heterocycles. The van der Waals surface area contributed by atoms with E-state index < -0.39 is 0 Å². The third-order valence-corrected chi connectivity index (χ3v) is 8.95. The van der Waals surface area contributed by atoms with Crippen LogP contribution in [0.15, 0.2) is 29.3 Å². The number of carbonyl (C=O) groups is 3. The number of fused-ring (bicyclic) bond motifs is 1. The van der Waals surface area contributed by atoms with Crippen LogP contribution in [0.5, 0.6) is 0 Å². The molecule has 1 saturated carbocycles. The van der Waals surface area contributed by atoms with Gasteiger partial charge in [0.25, 0.3) is 5.56 Å². The summed E-state index contributed by atoms with van der Waals surface area (Å²) in [6.45, 7) is 7.77. The number of nitrogens with one attached hydrogen (secondary N) is 3. The average molecular weight is 652 g/mol. The molecule has 2 fully saturated rings. The number of rotatable bonds is 13. The van der Waals surface area contributed by atoms with E-state index in [1.54, 1.807) is 23.9 Å². The van der Waals surface area contributed by atoms with Crippen molar-refractivity contribution in [3.63, 3.8) is 0 Å². The average Bonchev–Trinajstić information content (AvgIpc) is 3.58. The third-order valence-electron chi connectivity index (χ3n) is 8.71. The number of alkyl halides is 1. The van der Waals surface area contributed by atoms with Crippen molar-refractivity contribution in [3.05, 3.63) is 46.0 Å². The minimum Gasteiger partial charge on any atom is -0.368 e. The minimum atomic E-state index is -0.279. The number of carbonyl (C=O) groups excluding carboxylic acids is 3. The number of aryl methyl sites for hydroxylation is 1. The second-order valence-corrected chi connectivity index (χ2v) is 12.2. The molecule has 2 amide bonds. The molecule has 0 radical (unpaired) electrons. The van der Waals surface area contributed by atoms with Gasteiger partial charge in [-0.25, -0.2) is 9.97 Å². The molecule has 3 aromatic rings. The van der Waals surface area contributed by atoms with Crippen molar-refractivity contribution >= 4 is 57.7 Å². The van der Waals surface area contributed by atoms with Crippen LogP contribution in [0.1, 0.15) is 67.4 Å². The molecule has 3 aromatic heterocycles. The molecule has 0 spiro atoms. The fourth-order valence-corrected chi connectivity index (χ4v) is 6.34. The second kappa shape index (κ2) is 15.5. The van der Waals surface area contributed by atoms with Gasteiger partial charge in [-0.2, -0.15) is 4.98 Å². The van der Waals surface area contributed by atoms with Crippen LogP contribution in [-0.2, 0) is 9.59 Å². The Kier molecular flexibility index (Phi) is 11.2. The summed E-state index contributed by atoms with van der Waals surface area (Å²) in [4.78, 5) is 67.5. The molecule has 1 aliphatic carbocycles. The largest absolute Gasteiger partial charge is 0.368 e. The van der Waals surface area contributed by atoms with Crippen LogP contribution in [0.4, 0.5) is 17.5 Å². The molecule has 14 heteroatoms.